The van der Waals surface area contributed by atoms with E-state index in [1.807, 2.05) is 77.5 Å². The van der Waals surface area contributed by atoms with E-state index >= 15 is 0 Å². The van der Waals surface area contributed by atoms with E-state index in [1.165, 1.54) is 6.92 Å². The molecule has 30 heavy (non-hydrogen) atoms. The molecule has 4 rings (SSSR count). The van der Waals surface area contributed by atoms with E-state index in [1.54, 1.807) is 11.3 Å². The number of carbonyl (C=O) groups is 2. The average Bonchev–Trinajstić information content (AvgIpc) is 3.36. The molecule has 0 aliphatic rings. The number of pyridine rings is 1. The fraction of sp³-hybridized carbons (Fsp3) is 0.174. The van der Waals surface area contributed by atoms with Crippen molar-refractivity contribution in [1.29, 1.82) is 0 Å². The van der Waals surface area contributed by atoms with E-state index in [2.05, 4.69) is 10.6 Å². The van der Waals surface area contributed by atoms with Gasteiger partial charge in [-0.1, -0.05) is 36.4 Å². The van der Waals surface area contributed by atoms with E-state index in [0.29, 0.717) is 5.82 Å². The topological polar surface area (TPSA) is 75.5 Å². The molecule has 0 spiro atoms. The van der Waals surface area contributed by atoms with Crippen LogP contribution in [0.2, 0.25) is 0 Å². The van der Waals surface area contributed by atoms with Crippen molar-refractivity contribution in [3.63, 3.8) is 0 Å². The number of anilines is 1. The largest absolute Gasteiger partial charge is 0.349 e. The summed E-state index contributed by atoms with van der Waals surface area (Å²) in [7, 11) is 0. The molecular weight excluding hydrogens is 396 g/mol. The lowest BCUT2D eigenvalue weighted by atomic mass is 10.0. The molecule has 3 aromatic heterocycles. The van der Waals surface area contributed by atoms with E-state index in [0.717, 1.165) is 27.3 Å². The van der Waals surface area contributed by atoms with Crippen LogP contribution in [0.15, 0.2) is 66.2 Å². The van der Waals surface area contributed by atoms with Gasteiger partial charge >= 0.3 is 0 Å². The number of thiophene rings is 1. The summed E-state index contributed by atoms with van der Waals surface area (Å²) in [6, 6.07) is 17.0. The highest BCUT2D eigenvalue weighted by atomic mass is 32.1. The van der Waals surface area contributed by atoms with Crippen molar-refractivity contribution in [2.45, 2.75) is 26.3 Å². The van der Waals surface area contributed by atoms with Crippen molar-refractivity contribution in [1.82, 2.24) is 14.7 Å². The molecule has 0 unspecified atom stereocenters. The molecule has 0 fully saturated rings. The van der Waals surface area contributed by atoms with Gasteiger partial charge in [0.1, 0.15) is 17.2 Å². The molecule has 1 aromatic carbocycles. The first kappa shape index (κ1) is 19.8. The van der Waals surface area contributed by atoms with Crippen molar-refractivity contribution in [2.75, 3.05) is 5.32 Å². The Morgan fingerprint density at radius 2 is 1.93 bits per heavy atom. The first-order valence-electron chi connectivity index (χ1n) is 9.66. The Kier molecular flexibility index (Phi) is 5.63. The Hall–Kier alpha value is -3.45. The van der Waals surface area contributed by atoms with Gasteiger partial charge < -0.3 is 10.6 Å². The van der Waals surface area contributed by atoms with Crippen LogP contribution in [0.3, 0.4) is 0 Å². The minimum Gasteiger partial charge on any atom is -0.349 e. The number of nitrogens with zero attached hydrogens (tertiary/aromatic N) is 2. The van der Waals surface area contributed by atoms with Gasteiger partial charge in [0.05, 0.1) is 17.3 Å². The zero-order chi connectivity index (χ0) is 21.1. The third-order valence-corrected chi connectivity index (χ3v) is 5.64. The van der Waals surface area contributed by atoms with Crippen molar-refractivity contribution < 1.29 is 9.59 Å². The number of hydrogen-bond donors (Lipinski definition) is 2. The van der Waals surface area contributed by atoms with Crippen LogP contribution >= 0.6 is 11.3 Å². The highest BCUT2D eigenvalue weighted by Crippen LogP contribution is 2.32. The molecular formula is C23H22N4O2S. The molecule has 0 saturated heterocycles. The van der Waals surface area contributed by atoms with E-state index in [-0.39, 0.29) is 18.2 Å². The van der Waals surface area contributed by atoms with Gasteiger partial charge in [0.15, 0.2) is 0 Å². The minimum atomic E-state index is -0.407. The molecule has 0 bridgehead atoms. The zero-order valence-electron chi connectivity index (χ0n) is 16.8. The average molecular weight is 419 g/mol. The third kappa shape index (κ3) is 4.26. The number of benzene rings is 1. The SMILES string of the molecule is CC(=O)N[C@@H](CC(=O)Nc1c(-c2cccs2)nc2cc(C)ccn12)c1ccccc1. The minimum absolute atomic E-state index is 0.118. The number of amides is 2. The monoisotopic (exact) mass is 418 g/mol. The fourth-order valence-corrected chi connectivity index (χ4v) is 4.12. The normalized spacial score (nSPS) is 11.9. The summed E-state index contributed by atoms with van der Waals surface area (Å²) in [4.78, 5) is 30.4. The third-order valence-electron chi connectivity index (χ3n) is 4.76. The lowest BCUT2D eigenvalue weighted by molar-refractivity contribution is -0.120. The highest BCUT2D eigenvalue weighted by molar-refractivity contribution is 7.13. The second kappa shape index (κ2) is 8.51. The zero-order valence-corrected chi connectivity index (χ0v) is 17.6. The second-order valence-corrected chi connectivity index (χ2v) is 8.08. The standard InChI is InChI=1S/C23H22N4O2S/c1-15-10-11-27-20(13-15)25-22(19-9-6-12-30-19)23(27)26-21(29)14-18(24-16(2)28)17-7-4-3-5-8-17/h3-13,18H,14H2,1-2H3,(H,24,28)(H,26,29)/t18-/m0/s1. The predicted molar refractivity (Wildman–Crippen MR) is 119 cm³/mol. The Balaban J connectivity index is 1.65. The Labute approximate surface area is 178 Å². The number of imidazole rings is 1. The highest BCUT2D eigenvalue weighted by Gasteiger charge is 2.21. The van der Waals surface area contributed by atoms with Crippen LogP contribution in [0.4, 0.5) is 5.82 Å². The first-order valence-corrected chi connectivity index (χ1v) is 10.5. The van der Waals surface area contributed by atoms with Crippen LogP contribution in [0, 0.1) is 6.92 Å². The summed E-state index contributed by atoms with van der Waals surface area (Å²) in [5.74, 6) is 0.256. The van der Waals surface area contributed by atoms with Gasteiger partial charge in [-0.2, -0.15) is 0 Å². The van der Waals surface area contributed by atoms with Crippen LogP contribution in [0.25, 0.3) is 16.2 Å². The van der Waals surface area contributed by atoms with Gasteiger partial charge in [-0.05, 0) is 41.6 Å². The molecule has 0 radical (unpaired) electrons. The molecule has 0 aliphatic carbocycles. The Morgan fingerprint density at radius 1 is 1.13 bits per heavy atom. The van der Waals surface area contributed by atoms with Gasteiger partial charge in [0, 0.05) is 13.1 Å². The predicted octanol–water partition coefficient (Wildman–Crippen LogP) is 4.58. The molecule has 2 amide bonds. The van der Waals surface area contributed by atoms with Gasteiger partial charge in [-0.3, -0.25) is 14.0 Å². The lowest BCUT2D eigenvalue weighted by Crippen LogP contribution is -2.30. The summed E-state index contributed by atoms with van der Waals surface area (Å²) in [6.07, 6.45) is 2.03. The molecule has 7 heteroatoms. The summed E-state index contributed by atoms with van der Waals surface area (Å²) < 4.78 is 1.88. The maximum atomic E-state index is 13.0. The van der Waals surface area contributed by atoms with Gasteiger partial charge in [0.2, 0.25) is 11.8 Å². The van der Waals surface area contributed by atoms with Crippen LogP contribution < -0.4 is 10.6 Å². The number of rotatable bonds is 6. The molecule has 6 nitrogen and oxygen atoms in total. The number of nitrogens with one attached hydrogen (secondary N) is 2. The second-order valence-electron chi connectivity index (χ2n) is 7.13. The number of fused-ring (bicyclic) bond motifs is 1. The van der Waals surface area contributed by atoms with Crippen molar-refractivity contribution in [3.05, 3.63) is 77.3 Å². The molecule has 3 heterocycles. The lowest BCUT2D eigenvalue weighted by Gasteiger charge is -2.18. The fourth-order valence-electron chi connectivity index (χ4n) is 3.40. The Morgan fingerprint density at radius 3 is 2.63 bits per heavy atom. The van der Waals surface area contributed by atoms with Crippen LogP contribution in [0.1, 0.15) is 30.5 Å². The number of aryl methyl sites for hydroxylation is 1. The summed E-state index contributed by atoms with van der Waals surface area (Å²) in [5, 5.41) is 7.89. The smallest absolute Gasteiger partial charge is 0.227 e. The first-order chi connectivity index (χ1) is 14.5. The number of carbonyl (C=O) groups excluding carboxylic acids is 2. The molecule has 1 atom stereocenters. The molecule has 2 N–H and O–H groups in total. The van der Waals surface area contributed by atoms with Crippen LogP contribution in [0.5, 0.6) is 0 Å². The van der Waals surface area contributed by atoms with Crippen molar-refractivity contribution >= 4 is 34.6 Å². The van der Waals surface area contributed by atoms with Crippen molar-refractivity contribution in [2.24, 2.45) is 0 Å². The van der Waals surface area contributed by atoms with Crippen LogP contribution in [-0.2, 0) is 9.59 Å². The molecule has 4 aromatic rings. The summed E-state index contributed by atoms with van der Waals surface area (Å²) in [5.41, 5.74) is 3.49. The van der Waals surface area contributed by atoms with E-state index < -0.39 is 6.04 Å². The quantitative estimate of drug-likeness (QED) is 0.481. The summed E-state index contributed by atoms with van der Waals surface area (Å²) in [6.45, 7) is 3.46. The van der Waals surface area contributed by atoms with Gasteiger partial charge in [0.25, 0.3) is 0 Å². The molecule has 152 valence electrons. The summed E-state index contributed by atoms with van der Waals surface area (Å²) >= 11 is 1.57. The number of aromatic nitrogens is 2. The van der Waals surface area contributed by atoms with E-state index in [9.17, 15) is 9.59 Å². The van der Waals surface area contributed by atoms with E-state index in [4.69, 9.17) is 4.98 Å². The maximum absolute atomic E-state index is 13.0. The van der Waals surface area contributed by atoms with Gasteiger partial charge in [-0.25, -0.2) is 4.98 Å². The molecule has 0 saturated carbocycles. The van der Waals surface area contributed by atoms with Crippen LogP contribution in [-0.4, -0.2) is 21.2 Å². The maximum Gasteiger partial charge on any atom is 0.227 e. The van der Waals surface area contributed by atoms with Gasteiger partial charge in [-0.15, -0.1) is 11.3 Å². The Bertz CT molecular complexity index is 1180. The number of hydrogen-bond acceptors (Lipinski definition) is 4. The molecule has 0 aliphatic heterocycles. The van der Waals surface area contributed by atoms with Crippen molar-refractivity contribution in [3.8, 4) is 10.6 Å².